The maximum Gasteiger partial charge on any atom is 0.271 e. The van der Waals surface area contributed by atoms with Crippen molar-refractivity contribution in [3.05, 3.63) is 75.3 Å². The number of benzene rings is 2. The lowest BCUT2D eigenvalue weighted by Crippen LogP contribution is -2.21. The number of nitrogens with zero attached hydrogens (tertiary/aromatic N) is 2. The Morgan fingerprint density at radius 1 is 1.21 bits per heavy atom. The van der Waals surface area contributed by atoms with Crippen molar-refractivity contribution in [2.75, 3.05) is 0 Å². The van der Waals surface area contributed by atoms with Gasteiger partial charge < -0.3 is 0 Å². The standard InChI is InChI=1S/C18H19N3O3/c1-3-7-17(14-9-6-10-15(12-14)21(23)24)19-20-18(22)16-11-5-4-8-13(16)2/h4-6,8-12H,3,7H2,1-2H3,(H,20,22)/b19-17-. The highest BCUT2D eigenvalue weighted by Crippen LogP contribution is 2.16. The Balaban J connectivity index is 2.25. The van der Waals surface area contributed by atoms with Gasteiger partial charge in [0.2, 0.25) is 0 Å². The van der Waals surface area contributed by atoms with Gasteiger partial charge in [0, 0.05) is 23.3 Å². The van der Waals surface area contributed by atoms with Crippen LogP contribution in [0.5, 0.6) is 0 Å². The highest BCUT2D eigenvalue weighted by atomic mass is 16.6. The van der Waals surface area contributed by atoms with Crippen molar-refractivity contribution in [2.24, 2.45) is 5.10 Å². The van der Waals surface area contributed by atoms with Crippen LogP contribution in [0.4, 0.5) is 5.69 Å². The Morgan fingerprint density at radius 2 is 1.96 bits per heavy atom. The molecule has 0 bridgehead atoms. The van der Waals surface area contributed by atoms with Gasteiger partial charge in [-0.2, -0.15) is 5.10 Å². The number of nitrogens with one attached hydrogen (secondary N) is 1. The molecule has 0 aromatic heterocycles. The summed E-state index contributed by atoms with van der Waals surface area (Å²) in [6.07, 6.45) is 1.41. The Kier molecular flexibility index (Phi) is 5.78. The zero-order valence-electron chi connectivity index (χ0n) is 13.7. The molecule has 124 valence electrons. The van der Waals surface area contributed by atoms with Gasteiger partial charge in [-0.05, 0) is 25.0 Å². The number of rotatable bonds is 6. The van der Waals surface area contributed by atoms with Crippen molar-refractivity contribution >= 4 is 17.3 Å². The molecule has 0 radical (unpaired) electrons. The third kappa shape index (κ3) is 4.25. The number of hydrogen-bond acceptors (Lipinski definition) is 4. The first-order chi connectivity index (χ1) is 11.5. The molecule has 0 heterocycles. The SMILES string of the molecule is CCC/C(=N/NC(=O)c1ccccc1C)c1cccc([N+](=O)[O-])c1. The summed E-state index contributed by atoms with van der Waals surface area (Å²) in [5.74, 6) is -0.299. The lowest BCUT2D eigenvalue weighted by molar-refractivity contribution is -0.384. The first-order valence-electron chi connectivity index (χ1n) is 7.70. The summed E-state index contributed by atoms with van der Waals surface area (Å²) in [7, 11) is 0. The van der Waals surface area contributed by atoms with Crippen LogP contribution >= 0.6 is 0 Å². The Labute approximate surface area is 140 Å². The fourth-order valence-electron chi connectivity index (χ4n) is 2.31. The second-order valence-electron chi connectivity index (χ2n) is 5.37. The monoisotopic (exact) mass is 325 g/mol. The van der Waals surface area contributed by atoms with E-state index in [1.54, 1.807) is 24.3 Å². The fraction of sp³-hybridized carbons (Fsp3) is 0.222. The van der Waals surface area contributed by atoms with Crippen molar-refractivity contribution in [3.63, 3.8) is 0 Å². The van der Waals surface area contributed by atoms with E-state index in [1.165, 1.54) is 12.1 Å². The van der Waals surface area contributed by atoms with Gasteiger partial charge in [-0.1, -0.05) is 43.7 Å². The van der Waals surface area contributed by atoms with Crippen molar-refractivity contribution in [2.45, 2.75) is 26.7 Å². The van der Waals surface area contributed by atoms with Gasteiger partial charge in [-0.25, -0.2) is 5.43 Å². The minimum Gasteiger partial charge on any atom is -0.267 e. The minimum absolute atomic E-state index is 0.00142. The van der Waals surface area contributed by atoms with Gasteiger partial charge in [0.15, 0.2) is 0 Å². The van der Waals surface area contributed by atoms with E-state index >= 15 is 0 Å². The molecular formula is C18H19N3O3. The topological polar surface area (TPSA) is 84.6 Å². The number of amides is 1. The second-order valence-corrected chi connectivity index (χ2v) is 5.37. The average Bonchev–Trinajstić information content (AvgIpc) is 2.58. The van der Waals surface area contributed by atoms with Crippen LogP contribution in [0.25, 0.3) is 0 Å². The van der Waals surface area contributed by atoms with Crippen LogP contribution in [-0.2, 0) is 0 Å². The molecule has 0 atom stereocenters. The Morgan fingerprint density at radius 3 is 2.62 bits per heavy atom. The summed E-state index contributed by atoms with van der Waals surface area (Å²) in [6.45, 7) is 3.84. The van der Waals surface area contributed by atoms with Gasteiger partial charge in [0.25, 0.3) is 11.6 Å². The van der Waals surface area contributed by atoms with Crippen LogP contribution in [0.2, 0.25) is 0 Å². The lowest BCUT2D eigenvalue weighted by Gasteiger charge is -2.08. The van der Waals surface area contributed by atoms with Crippen LogP contribution in [0.1, 0.15) is 41.3 Å². The fourth-order valence-corrected chi connectivity index (χ4v) is 2.31. The molecule has 0 saturated carbocycles. The van der Waals surface area contributed by atoms with E-state index in [0.29, 0.717) is 23.3 Å². The molecule has 0 unspecified atom stereocenters. The smallest absolute Gasteiger partial charge is 0.267 e. The third-order valence-electron chi connectivity index (χ3n) is 3.56. The normalized spacial score (nSPS) is 11.2. The third-order valence-corrected chi connectivity index (χ3v) is 3.56. The molecule has 1 amide bonds. The van der Waals surface area contributed by atoms with Gasteiger partial charge >= 0.3 is 0 Å². The molecule has 24 heavy (non-hydrogen) atoms. The zero-order chi connectivity index (χ0) is 17.5. The maximum absolute atomic E-state index is 12.3. The van der Waals surface area contributed by atoms with Crippen LogP contribution in [0.3, 0.4) is 0 Å². The van der Waals surface area contributed by atoms with E-state index in [1.807, 2.05) is 26.0 Å². The highest BCUT2D eigenvalue weighted by molar-refractivity contribution is 6.02. The summed E-state index contributed by atoms with van der Waals surface area (Å²) in [5.41, 5.74) is 5.21. The molecule has 0 aliphatic carbocycles. The lowest BCUT2D eigenvalue weighted by atomic mass is 10.1. The molecule has 2 rings (SSSR count). The highest BCUT2D eigenvalue weighted by Gasteiger charge is 2.11. The molecule has 1 N–H and O–H groups in total. The average molecular weight is 325 g/mol. The van der Waals surface area contributed by atoms with Gasteiger partial charge in [0.1, 0.15) is 0 Å². The Bertz CT molecular complexity index is 785. The van der Waals surface area contributed by atoms with Gasteiger partial charge in [-0.15, -0.1) is 0 Å². The number of aryl methyl sites for hydroxylation is 1. The summed E-state index contributed by atoms with van der Waals surface area (Å²) < 4.78 is 0. The molecule has 2 aromatic carbocycles. The van der Waals surface area contributed by atoms with E-state index in [4.69, 9.17) is 0 Å². The molecule has 0 aliphatic heterocycles. The minimum atomic E-state index is -0.445. The largest absolute Gasteiger partial charge is 0.271 e. The molecule has 2 aromatic rings. The summed E-state index contributed by atoms with van der Waals surface area (Å²) in [5, 5.41) is 15.1. The van der Waals surface area contributed by atoms with E-state index in [9.17, 15) is 14.9 Å². The van der Waals surface area contributed by atoms with Crippen LogP contribution < -0.4 is 5.43 Å². The zero-order valence-corrected chi connectivity index (χ0v) is 13.7. The summed E-state index contributed by atoms with van der Waals surface area (Å²) in [6, 6.07) is 13.5. The number of carbonyl (C=O) groups excluding carboxylic acids is 1. The van der Waals surface area contributed by atoms with Crippen LogP contribution in [0.15, 0.2) is 53.6 Å². The van der Waals surface area contributed by atoms with Crippen molar-refractivity contribution < 1.29 is 9.72 Å². The number of carbonyl (C=O) groups is 1. The maximum atomic E-state index is 12.3. The number of hydrazone groups is 1. The van der Waals surface area contributed by atoms with Crippen LogP contribution in [-0.4, -0.2) is 16.5 Å². The van der Waals surface area contributed by atoms with E-state index in [2.05, 4.69) is 10.5 Å². The Hall–Kier alpha value is -3.02. The molecule has 0 spiro atoms. The number of nitro groups is 1. The quantitative estimate of drug-likeness (QED) is 0.497. The van der Waals surface area contributed by atoms with Crippen molar-refractivity contribution in [1.82, 2.24) is 5.43 Å². The molecule has 6 heteroatoms. The molecule has 0 fully saturated rings. The van der Waals surface area contributed by atoms with Crippen molar-refractivity contribution in [1.29, 1.82) is 0 Å². The first kappa shape index (κ1) is 17.3. The van der Waals surface area contributed by atoms with E-state index in [0.717, 1.165) is 12.0 Å². The predicted octanol–water partition coefficient (Wildman–Crippen LogP) is 3.84. The number of nitro benzene ring substituents is 1. The van der Waals surface area contributed by atoms with Gasteiger partial charge in [0.05, 0.1) is 10.6 Å². The molecule has 0 aliphatic rings. The molecule has 0 saturated heterocycles. The summed E-state index contributed by atoms with van der Waals surface area (Å²) >= 11 is 0. The van der Waals surface area contributed by atoms with E-state index < -0.39 is 4.92 Å². The predicted molar refractivity (Wildman–Crippen MR) is 93.2 cm³/mol. The number of non-ortho nitro benzene ring substituents is 1. The van der Waals surface area contributed by atoms with Crippen molar-refractivity contribution in [3.8, 4) is 0 Å². The second kappa shape index (κ2) is 8.01. The van der Waals surface area contributed by atoms with Gasteiger partial charge in [-0.3, -0.25) is 14.9 Å². The van der Waals surface area contributed by atoms with E-state index in [-0.39, 0.29) is 11.6 Å². The molecular weight excluding hydrogens is 306 g/mol. The first-order valence-corrected chi connectivity index (χ1v) is 7.70. The summed E-state index contributed by atoms with van der Waals surface area (Å²) in [4.78, 5) is 22.7. The van der Waals surface area contributed by atoms with Crippen LogP contribution in [0, 0.1) is 17.0 Å². The molecule has 6 nitrogen and oxygen atoms in total. The number of hydrogen-bond donors (Lipinski definition) is 1.